The van der Waals surface area contributed by atoms with Crippen molar-refractivity contribution < 1.29 is 13.6 Å². The number of halogens is 2. The molecule has 3 rings (SSSR count). The van der Waals surface area contributed by atoms with Crippen molar-refractivity contribution in [3.63, 3.8) is 0 Å². The number of likely N-dealkylation sites (tertiary alicyclic amines) is 1. The number of rotatable bonds is 4. The molecule has 2 aromatic rings. The Morgan fingerprint density at radius 2 is 2.06 bits per heavy atom. The highest BCUT2D eigenvalue weighted by Crippen LogP contribution is 2.31. The number of anilines is 1. The molecule has 1 saturated heterocycles. The van der Waals surface area contributed by atoms with Gasteiger partial charge in [-0.15, -0.1) is 0 Å². The molecule has 1 aromatic heterocycles. The average molecular weight is 450 g/mol. The van der Waals surface area contributed by atoms with Crippen LogP contribution >= 0.6 is 11.3 Å². The van der Waals surface area contributed by atoms with Crippen LogP contribution in [0.5, 0.6) is 0 Å². The van der Waals surface area contributed by atoms with Crippen molar-refractivity contribution in [1.82, 2.24) is 15.2 Å². The maximum absolute atomic E-state index is 14.1. The van der Waals surface area contributed by atoms with E-state index in [2.05, 4.69) is 15.3 Å². The van der Waals surface area contributed by atoms with Crippen molar-refractivity contribution in [1.29, 1.82) is 0 Å². The topological polar surface area (TPSA) is 136 Å². The van der Waals surface area contributed by atoms with Crippen molar-refractivity contribution in [2.24, 2.45) is 16.5 Å². The molecule has 2 heterocycles. The summed E-state index contributed by atoms with van der Waals surface area (Å²) in [7, 11) is 1.55. The summed E-state index contributed by atoms with van der Waals surface area (Å²) in [5.41, 5.74) is 18.0. The van der Waals surface area contributed by atoms with Crippen LogP contribution < -0.4 is 22.5 Å². The van der Waals surface area contributed by atoms with Crippen LogP contribution in [0.3, 0.4) is 0 Å². The number of carbonyl (C=O) groups excluding carboxylic acids is 1. The van der Waals surface area contributed by atoms with Gasteiger partial charge in [0, 0.05) is 37.9 Å². The molecule has 1 aromatic carbocycles. The van der Waals surface area contributed by atoms with E-state index in [4.69, 9.17) is 17.2 Å². The number of nitrogen functional groups attached to an aromatic ring is 1. The fraction of sp³-hybridized carbons (Fsp3) is 0.350. The highest BCUT2D eigenvalue weighted by Gasteiger charge is 2.27. The van der Waals surface area contributed by atoms with Crippen LogP contribution in [-0.2, 0) is 0 Å². The van der Waals surface area contributed by atoms with Gasteiger partial charge in [0.25, 0.3) is 5.91 Å². The summed E-state index contributed by atoms with van der Waals surface area (Å²) in [6.07, 6.45) is 0.793. The highest BCUT2D eigenvalue weighted by molar-refractivity contribution is 7.19. The summed E-state index contributed by atoms with van der Waals surface area (Å²) < 4.78 is 28.0. The van der Waals surface area contributed by atoms with Gasteiger partial charge >= 0.3 is 0 Å². The zero-order chi connectivity index (χ0) is 22.5. The number of thiazole rings is 1. The monoisotopic (exact) mass is 449 g/mol. The number of aromatic nitrogens is 1. The van der Waals surface area contributed by atoms with E-state index in [0.29, 0.717) is 30.4 Å². The second-order valence-corrected chi connectivity index (χ2v) is 8.07. The summed E-state index contributed by atoms with van der Waals surface area (Å²) in [6, 6.07) is 5.55. The molecular weight excluding hydrogens is 424 g/mol. The number of carbonyl (C=O) groups is 1. The van der Waals surface area contributed by atoms with Gasteiger partial charge in [-0.25, -0.2) is 13.8 Å². The maximum atomic E-state index is 14.1. The molecule has 0 radical (unpaired) electrons. The molecule has 0 spiro atoms. The number of nitrogens with zero attached hydrogens (tertiary/aromatic N) is 3. The number of benzene rings is 1. The van der Waals surface area contributed by atoms with Crippen LogP contribution in [0.4, 0.5) is 13.8 Å². The minimum absolute atomic E-state index is 0.0419. The Morgan fingerprint density at radius 3 is 2.74 bits per heavy atom. The largest absolute Gasteiger partial charge is 0.403 e. The van der Waals surface area contributed by atoms with E-state index in [-0.39, 0.29) is 28.4 Å². The van der Waals surface area contributed by atoms with Gasteiger partial charge in [-0.1, -0.05) is 23.5 Å². The lowest BCUT2D eigenvalue weighted by molar-refractivity contribution is 0.0964. The zero-order valence-electron chi connectivity index (χ0n) is 17.0. The Hall–Kier alpha value is -3.05. The maximum Gasteiger partial charge on any atom is 0.277 e. The molecule has 0 aliphatic carbocycles. The van der Waals surface area contributed by atoms with Crippen LogP contribution in [-0.4, -0.2) is 54.0 Å². The summed E-state index contributed by atoms with van der Waals surface area (Å²) >= 11 is 1.01. The van der Waals surface area contributed by atoms with Gasteiger partial charge in [-0.05, 0) is 25.0 Å². The third kappa shape index (κ3) is 5.00. The summed E-state index contributed by atoms with van der Waals surface area (Å²) in [5, 5.41) is 3.10. The van der Waals surface area contributed by atoms with E-state index in [1.54, 1.807) is 25.2 Å². The van der Waals surface area contributed by atoms with Crippen LogP contribution in [0.25, 0.3) is 10.6 Å². The fourth-order valence-corrected chi connectivity index (χ4v) is 4.19. The summed E-state index contributed by atoms with van der Waals surface area (Å²) in [6.45, 7) is 0.850. The lowest BCUT2D eigenvalue weighted by atomic mass is 10.1. The van der Waals surface area contributed by atoms with Gasteiger partial charge in [-0.2, -0.15) is 0 Å². The fourth-order valence-electron chi connectivity index (χ4n) is 3.33. The molecule has 1 aliphatic heterocycles. The first-order valence-corrected chi connectivity index (χ1v) is 10.5. The Kier molecular flexibility index (Phi) is 7.18. The quantitative estimate of drug-likeness (QED) is 0.416. The molecule has 8 nitrogen and oxygen atoms in total. The van der Waals surface area contributed by atoms with Gasteiger partial charge < -0.3 is 27.4 Å². The molecule has 1 fully saturated rings. The molecule has 2 unspecified atom stereocenters. The van der Waals surface area contributed by atoms with Gasteiger partial charge in [-0.3, -0.25) is 9.79 Å². The first-order chi connectivity index (χ1) is 14.8. The molecule has 31 heavy (non-hydrogen) atoms. The normalized spacial score (nSPS) is 20.5. The smallest absolute Gasteiger partial charge is 0.277 e. The second-order valence-electron chi connectivity index (χ2n) is 7.04. The van der Waals surface area contributed by atoms with Gasteiger partial charge in [0.15, 0.2) is 5.69 Å². The number of amidine groups is 1. The Morgan fingerprint density at radius 1 is 1.35 bits per heavy atom. The number of amides is 1. The SMILES string of the molecule is CN=C(C(=CN)NC(=O)c1nc(-c2ccccc2F)sc1N)N1CCC(N)C(F)CC1. The predicted octanol–water partition coefficient (Wildman–Crippen LogP) is 1.85. The number of nitrogens with one attached hydrogen (secondary N) is 1. The van der Waals surface area contributed by atoms with Crippen LogP contribution in [0, 0.1) is 5.82 Å². The Balaban J connectivity index is 1.79. The molecule has 1 aliphatic rings. The number of hydrogen-bond donors (Lipinski definition) is 4. The number of alkyl halides is 1. The van der Waals surface area contributed by atoms with E-state index < -0.39 is 23.9 Å². The van der Waals surface area contributed by atoms with Crippen LogP contribution in [0.2, 0.25) is 0 Å². The highest BCUT2D eigenvalue weighted by atomic mass is 32.1. The number of hydrogen-bond acceptors (Lipinski definition) is 7. The Labute approximate surface area is 182 Å². The molecule has 166 valence electrons. The standard InChI is InChI=1S/C20H25F2N7OS/c1-26-18(29-8-6-13(22)14(24)7-9-29)15(10-23)27-19(30)16-17(25)31-20(28-16)11-4-2-3-5-12(11)21/h2-5,10,13-14H,6-9,23-25H2,1H3,(H,27,30). The van der Waals surface area contributed by atoms with Crippen molar-refractivity contribution in [3.05, 3.63) is 47.7 Å². The van der Waals surface area contributed by atoms with Gasteiger partial charge in [0.2, 0.25) is 0 Å². The van der Waals surface area contributed by atoms with E-state index in [1.807, 2.05) is 4.90 Å². The summed E-state index contributed by atoms with van der Waals surface area (Å²) in [5.74, 6) is -0.666. The third-order valence-electron chi connectivity index (χ3n) is 5.01. The Bertz CT molecular complexity index is 995. The number of aliphatic imine (C=N–C) groups is 1. The minimum Gasteiger partial charge on any atom is -0.403 e. The zero-order valence-corrected chi connectivity index (χ0v) is 17.8. The lowest BCUT2D eigenvalue weighted by Gasteiger charge is -2.25. The van der Waals surface area contributed by atoms with Gasteiger partial charge in [0.05, 0.1) is 5.70 Å². The number of nitrogens with two attached hydrogens (primary N) is 3. The van der Waals surface area contributed by atoms with Crippen LogP contribution in [0.15, 0.2) is 41.2 Å². The average Bonchev–Trinajstić information content (AvgIpc) is 3.07. The van der Waals surface area contributed by atoms with E-state index in [1.165, 1.54) is 12.3 Å². The van der Waals surface area contributed by atoms with Crippen LogP contribution in [0.1, 0.15) is 23.3 Å². The molecule has 0 saturated carbocycles. The van der Waals surface area contributed by atoms with Crippen molar-refractivity contribution in [2.75, 3.05) is 25.9 Å². The van der Waals surface area contributed by atoms with Crippen molar-refractivity contribution in [3.8, 4) is 10.6 Å². The van der Waals surface area contributed by atoms with E-state index in [0.717, 1.165) is 11.3 Å². The molecule has 0 bridgehead atoms. The van der Waals surface area contributed by atoms with Crippen molar-refractivity contribution >= 4 is 28.1 Å². The molecule has 7 N–H and O–H groups in total. The third-order valence-corrected chi connectivity index (χ3v) is 5.93. The summed E-state index contributed by atoms with van der Waals surface area (Å²) in [4.78, 5) is 23.1. The second kappa shape index (κ2) is 9.84. The predicted molar refractivity (Wildman–Crippen MR) is 119 cm³/mol. The molecular formula is C20H25F2N7OS. The first kappa shape index (κ1) is 22.6. The lowest BCUT2D eigenvalue weighted by Crippen LogP contribution is -2.40. The van der Waals surface area contributed by atoms with Crippen molar-refractivity contribution in [2.45, 2.75) is 25.1 Å². The van der Waals surface area contributed by atoms with E-state index in [9.17, 15) is 13.6 Å². The van der Waals surface area contributed by atoms with Gasteiger partial charge in [0.1, 0.15) is 27.8 Å². The first-order valence-electron chi connectivity index (χ1n) is 9.71. The molecule has 11 heteroatoms. The molecule has 2 atom stereocenters. The molecule has 1 amide bonds. The minimum atomic E-state index is -1.10. The van der Waals surface area contributed by atoms with E-state index >= 15 is 0 Å².